The Labute approximate surface area is 151 Å². The Morgan fingerprint density at radius 3 is 1.85 bits per heavy atom. The van der Waals surface area contributed by atoms with Crippen LogP contribution >= 0.6 is 7.82 Å². The summed E-state index contributed by atoms with van der Waals surface area (Å²) in [5.74, 6) is -0.454. The monoisotopic (exact) mass is 382 g/mol. The molecule has 2 aromatic carbocycles. The van der Waals surface area contributed by atoms with Gasteiger partial charge in [-0.1, -0.05) is 26.0 Å². The fraction of sp³-hybridized carbons (Fsp3) is 0.333. The van der Waals surface area contributed by atoms with Gasteiger partial charge in [0.1, 0.15) is 0 Å². The van der Waals surface area contributed by atoms with E-state index in [0.717, 1.165) is 11.1 Å². The first-order valence-corrected chi connectivity index (χ1v) is 9.66. The van der Waals surface area contributed by atoms with Crippen molar-refractivity contribution >= 4 is 7.82 Å². The normalized spacial score (nSPS) is 14.0. The molecule has 0 aliphatic carbocycles. The van der Waals surface area contributed by atoms with Gasteiger partial charge in [-0.15, -0.1) is 0 Å². The number of hydrogen-bond donors (Lipinski definition) is 5. The van der Waals surface area contributed by atoms with Crippen molar-refractivity contribution in [3.8, 4) is 23.0 Å². The van der Waals surface area contributed by atoms with E-state index in [0.29, 0.717) is 12.8 Å². The molecule has 2 aromatic rings. The van der Waals surface area contributed by atoms with Gasteiger partial charge < -0.3 is 19.8 Å². The molecule has 0 spiro atoms. The topological polar surface area (TPSA) is 127 Å². The smallest absolute Gasteiger partial charge is 0.504 e. The Bertz CT molecular complexity index is 815. The van der Waals surface area contributed by atoms with Gasteiger partial charge in [0, 0.05) is 0 Å². The number of aromatic hydroxyl groups is 3. The van der Waals surface area contributed by atoms with Crippen LogP contribution in [0.3, 0.4) is 0 Å². The molecular weight excluding hydrogens is 359 g/mol. The van der Waals surface area contributed by atoms with E-state index in [2.05, 4.69) is 11.4 Å². The summed E-state index contributed by atoms with van der Waals surface area (Å²) in [7, 11) is -4.75. The quantitative estimate of drug-likeness (QED) is 0.367. The maximum absolute atomic E-state index is 11.0. The molecule has 0 saturated carbocycles. The molecule has 0 heterocycles. The van der Waals surface area contributed by atoms with Crippen LogP contribution in [0.5, 0.6) is 23.0 Å². The molecule has 0 fully saturated rings. The van der Waals surface area contributed by atoms with Crippen LogP contribution in [0.2, 0.25) is 0 Å². The Balaban J connectivity index is 2.06. The van der Waals surface area contributed by atoms with Gasteiger partial charge in [-0.2, -0.15) is 0 Å². The van der Waals surface area contributed by atoms with Crippen LogP contribution < -0.4 is 4.52 Å². The summed E-state index contributed by atoms with van der Waals surface area (Å²) in [6, 6.07) is 9.18. The lowest BCUT2D eigenvalue weighted by Gasteiger charge is -2.21. The SMILES string of the molecule is C[C@H](Cc1ccc(O)c(O)c1)[C@@H](C)Cc1ccc(O)c(OP(=O)(O)O)c1. The van der Waals surface area contributed by atoms with Gasteiger partial charge in [0.05, 0.1) is 0 Å². The van der Waals surface area contributed by atoms with Gasteiger partial charge >= 0.3 is 7.82 Å². The van der Waals surface area contributed by atoms with E-state index in [9.17, 15) is 19.9 Å². The Kier molecular flexibility index (Phi) is 6.18. The Morgan fingerprint density at radius 2 is 1.35 bits per heavy atom. The average Bonchev–Trinajstić information content (AvgIpc) is 2.52. The summed E-state index contributed by atoms with van der Waals surface area (Å²) >= 11 is 0. The Hall–Kier alpha value is -2.21. The number of hydrogen-bond acceptors (Lipinski definition) is 5. The fourth-order valence-corrected chi connectivity index (χ4v) is 3.13. The van der Waals surface area contributed by atoms with E-state index in [4.69, 9.17) is 9.79 Å². The lowest BCUT2D eigenvalue weighted by molar-refractivity contribution is 0.277. The number of phosphoric ester groups is 1. The van der Waals surface area contributed by atoms with Crippen LogP contribution in [0.4, 0.5) is 0 Å². The van der Waals surface area contributed by atoms with Crippen molar-refractivity contribution in [2.75, 3.05) is 0 Å². The largest absolute Gasteiger partial charge is 0.524 e. The van der Waals surface area contributed by atoms with E-state index in [1.165, 1.54) is 24.3 Å². The molecule has 0 aliphatic heterocycles. The van der Waals surface area contributed by atoms with Crippen LogP contribution in [0.1, 0.15) is 25.0 Å². The summed E-state index contributed by atoms with van der Waals surface area (Å²) in [4.78, 5) is 17.8. The average molecular weight is 382 g/mol. The maximum Gasteiger partial charge on any atom is 0.524 e. The number of phenols is 3. The second kappa shape index (κ2) is 7.99. The molecule has 0 radical (unpaired) electrons. The van der Waals surface area contributed by atoms with Gasteiger partial charge in [0.2, 0.25) is 0 Å². The minimum Gasteiger partial charge on any atom is -0.504 e. The highest BCUT2D eigenvalue weighted by Gasteiger charge is 2.20. The Morgan fingerprint density at radius 1 is 0.846 bits per heavy atom. The zero-order chi connectivity index (χ0) is 19.5. The summed E-state index contributed by atoms with van der Waals surface area (Å²) < 4.78 is 15.5. The predicted molar refractivity (Wildman–Crippen MR) is 96.3 cm³/mol. The predicted octanol–water partition coefficient (Wildman–Crippen LogP) is 3.33. The first-order chi connectivity index (χ1) is 12.0. The molecule has 0 aromatic heterocycles. The number of phosphoric acid groups is 1. The zero-order valence-corrected chi connectivity index (χ0v) is 15.4. The van der Waals surface area contributed by atoms with Crippen LogP contribution in [0.25, 0.3) is 0 Å². The molecule has 5 N–H and O–H groups in total. The molecule has 7 nitrogen and oxygen atoms in total. The molecule has 0 bridgehead atoms. The van der Waals surface area contributed by atoms with E-state index in [-0.39, 0.29) is 34.8 Å². The lowest BCUT2D eigenvalue weighted by atomic mass is 9.85. The molecule has 0 aliphatic rings. The molecule has 0 saturated heterocycles. The van der Waals surface area contributed by atoms with Crippen molar-refractivity contribution in [3.05, 3.63) is 47.5 Å². The van der Waals surface area contributed by atoms with Crippen molar-refractivity contribution in [2.45, 2.75) is 26.7 Å². The van der Waals surface area contributed by atoms with Crippen molar-refractivity contribution in [1.82, 2.24) is 0 Å². The van der Waals surface area contributed by atoms with Crippen LogP contribution in [-0.4, -0.2) is 25.1 Å². The summed E-state index contributed by atoms with van der Waals surface area (Å²) in [6.07, 6.45) is 1.31. The summed E-state index contributed by atoms with van der Waals surface area (Å²) in [5.41, 5.74) is 1.68. The molecule has 142 valence electrons. The minimum atomic E-state index is -4.75. The second-order valence-electron chi connectivity index (χ2n) is 6.57. The van der Waals surface area contributed by atoms with E-state index < -0.39 is 7.82 Å². The third-order valence-corrected chi connectivity index (χ3v) is 4.80. The van der Waals surface area contributed by atoms with E-state index >= 15 is 0 Å². The molecular formula is C18H23O7P. The van der Waals surface area contributed by atoms with Gasteiger partial charge in [0.15, 0.2) is 23.0 Å². The first kappa shape index (κ1) is 20.1. The standard InChI is InChI=1S/C18H23O7P/c1-11(7-13-3-5-15(19)17(21)9-13)12(2)8-14-4-6-16(20)18(10-14)25-26(22,23)24/h3-6,9-12,19-21H,7-8H2,1-2H3,(H2,22,23,24)/t11-,12+/m1/s1. The van der Waals surface area contributed by atoms with Crippen LogP contribution in [-0.2, 0) is 17.4 Å². The van der Waals surface area contributed by atoms with Crippen molar-refractivity contribution in [3.63, 3.8) is 0 Å². The van der Waals surface area contributed by atoms with Crippen LogP contribution in [0, 0.1) is 11.8 Å². The van der Waals surface area contributed by atoms with Gasteiger partial charge in [-0.25, -0.2) is 4.57 Å². The molecule has 0 amide bonds. The molecule has 26 heavy (non-hydrogen) atoms. The summed E-state index contributed by atoms with van der Waals surface area (Å²) in [6.45, 7) is 4.10. The van der Waals surface area contributed by atoms with Crippen molar-refractivity contribution in [1.29, 1.82) is 0 Å². The van der Waals surface area contributed by atoms with Crippen LogP contribution in [0.15, 0.2) is 36.4 Å². The molecule has 2 atom stereocenters. The lowest BCUT2D eigenvalue weighted by Crippen LogP contribution is -2.13. The second-order valence-corrected chi connectivity index (χ2v) is 7.73. The minimum absolute atomic E-state index is 0.153. The maximum atomic E-state index is 11.0. The van der Waals surface area contributed by atoms with Gasteiger partial charge in [-0.3, -0.25) is 9.79 Å². The third-order valence-electron chi connectivity index (χ3n) is 4.37. The fourth-order valence-electron chi connectivity index (χ4n) is 2.73. The highest BCUT2D eigenvalue weighted by Crippen LogP contribution is 2.42. The molecule has 2 rings (SSSR count). The van der Waals surface area contributed by atoms with E-state index in [1.807, 2.05) is 6.92 Å². The third kappa shape index (κ3) is 5.66. The highest BCUT2D eigenvalue weighted by atomic mass is 31.2. The van der Waals surface area contributed by atoms with Gasteiger partial charge in [0.25, 0.3) is 0 Å². The van der Waals surface area contributed by atoms with Crippen molar-refractivity contribution < 1.29 is 34.2 Å². The number of benzene rings is 2. The van der Waals surface area contributed by atoms with Gasteiger partial charge in [-0.05, 0) is 60.1 Å². The number of phenolic OH excluding ortho intramolecular Hbond substituents is 3. The zero-order valence-electron chi connectivity index (χ0n) is 14.5. The highest BCUT2D eigenvalue weighted by molar-refractivity contribution is 7.46. The summed E-state index contributed by atoms with van der Waals surface area (Å²) in [5, 5.41) is 28.6. The molecule has 0 unspecified atom stereocenters. The number of rotatable bonds is 7. The first-order valence-electron chi connectivity index (χ1n) is 8.13. The molecule has 8 heteroatoms. The van der Waals surface area contributed by atoms with E-state index in [1.54, 1.807) is 12.1 Å². The van der Waals surface area contributed by atoms with Crippen molar-refractivity contribution in [2.24, 2.45) is 11.8 Å².